The van der Waals surface area contributed by atoms with Gasteiger partial charge in [-0.25, -0.2) is 9.37 Å². The lowest BCUT2D eigenvalue weighted by Gasteiger charge is -2.17. The molecule has 1 aromatic heterocycles. The molecule has 1 aromatic rings. The second-order valence-electron chi connectivity index (χ2n) is 2.94. The standard InChI is InChI=1S/C9H12FN5/c1-12-9-13-6-7(10)8(14-9)15(2)5-3-4-11/h6H,3,5H2,1-2H3,(H,12,13,14). The molecule has 1 rings (SSSR count). The Hall–Kier alpha value is -1.90. The molecule has 1 heterocycles. The van der Waals surface area contributed by atoms with Gasteiger partial charge >= 0.3 is 0 Å². The van der Waals surface area contributed by atoms with Crippen LogP contribution in [-0.4, -0.2) is 30.6 Å². The van der Waals surface area contributed by atoms with E-state index in [-0.39, 0.29) is 5.82 Å². The fourth-order valence-corrected chi connectivity index (χ4v) is 1.07. The van der Waals surface area contributed by atoms with Crippen molar-refractivity contribution in [1.82, 2.24) is 9.97 Å². The number of nitrogens with one attached hydrogen (secondary N) is 1. The molecule has 0 spiro atoms. The number of nitrogens with zero attached hydrogens (tertiary/aromatic N) is 4. The summed E-state index contributed by atoms with van der Waals surface area (Å²) in [4.78, 5) is 9.28. The van der Waals surface area contributed by atoms with Crippen LogP contribution < -0.4 is 10.2 Å². The van der Waals surface area contributed by atoms with Crippen molar-refractivity contribution in [2.45, 2.75) is 6.42 Å². The average molecular weight is 209 g/mol. The van der Waals surface area contributed by atoms with E-state index in [4.69, 9.17) is 5.26 Å². The van der Waals surface area contributed by atoms with Crippen LogP contribution in [0.3, 0.4) is 0 Å². The predicted octanol–water partition coefficient (Wildman–Crippen LogP) is 1.01. The highest BCUT2D eigenvalue weighted by molar-refractivity contribution is 5.42. The van der Waals surface area contributed by atoms with Crippen LogP contribution in [0.5, 0.6) is 0 Å². The fourth-order valence-electron chi connectivity index (χ4n) is 1.07. The predicted molar refractivity (Wildman–Crippen MR) is 55.0 cm³/mol. The van der Waals surface area contributed by atoms with Gasteiger partial charge in [0.2, 0.25) is 5.95 Å². The molecule has 0 unspecified atom stereocenters. The van der Waals surface area contributed by atoms with E-state index in [0.29, 0.717) is 18.9 Å². The van der Waals surface area contributed by atoms with Gasteiger partial charge in [0.15, 0.2) is 11.6 Å². The molecule has 5 nitrogen and oxygen atoms in total. The van der Waals surface area contributed by atoms with E-state index in [1.165, 1.54) is 0 Å². The molecule has 0 aliphatic rings. The van der Waals surface area contributed by atoms with Crippen LogP contribution in [0.1, 0.15) is 6.42 Å². The molecule has 0 aliphatic carbocycles. The molecule has 0 aliphatic heterocycles. The minimum absolute atomic E-state index is 0.199. The van der Waals surface area contributed by atoms with Gasteiger partial charge in [0.25, 0.3) is 0 Å². The Morgan fingerprint density at radius 3 is 3.00 bits per heavy atom. The summed E-state index contributed by atoms with van der Waals surface area (Å²) in [5.74, 6) is 0.0641. The van der Waals surface area contributed by atoms with Crippen molar-refractivity contribution in [3.63, 3.8) is 0 Å². The van der Waals surface area contributed by atoms with Crippen LogP contribution >= 0.6 is 0 Å². The number of nitriles is 1. The van der Waals surface area contributed by atoms with E-state index < -0.39 is 5.82 Å². The first-order valence-corrected chi connectivity index (χ1v) is 4.47. The second kappa shape index (κ2) is 5.10. The van der Waals surface area contributed by atoms with Gasteiger partial charge in [0, 0.05) is 20.6 Å². The number of rotatable bonds is 4. The van der Waals surface area contributed by atoms with Crippen molar-refractivity contribution < 1.29 is 4.39 Å². The highest BCUT2D eigenvalue weighted by Crippen LogP contribution is 2.15. The van der Waals surface area contributed by atoms with Gasteiger partial charge in [-0.2, -0.15) is 10.2 Å². The van der Waals surface area contributed by atoms with Crippen molar-refractivity contribution in [2.75, 3.05) is 30.9 Å². The maximum Gasteiger partial charge on any atom is 0.224 e. The molecule has 0 bridgehead atoms. The zero-order valence-corrected chi connectivity index (χ0v) is 8.66. The third kappa shape index (κ3) is 2.77. The SMILES string of the molecule is CNc1ncc(F)c(N(C)CCC#N)n1. The van der Waals surface area contributed by atoms with Gasteiger partial charge < -0.3 is 10.2 Å². The van der Waals surface area contributed by atoms with Gasteiger partial charge in [-0.15, -0.1) is 0 Å². The van der Waals surface area contributed by atoms with E-state index >= 15 is 0 Å². The Bertz CT molecular complexity index is 373. The summed E-state index contributed by atoms with van der Waals surface area (Å²) in [5.41, 5.74) is 0. The summed E-state index contributed by atoms with van der Waals surface area (Å²) in [5, 5.41) is 11.1. The Labute approximate surface area is 87.6 Å². The monoisotopic (exact) mass is 209 g/mol. The van der Waals surface area contributed by atoms with Crippen molar-refractivity contribution >= 4 is 11.8 Å². The molecule has 0 radical (unpaired) electrons. The van der Waals surface area contributed by atoms with Crippen molar-refractivity contribution in [3.05, 3.63) is 12.0 Å². The summed E-state index contributed by atoms with van der Waals surface area (Å²) >= 11 is 0. The largest absolute Gasteiger partial charge is 0.357 e. The normalized spacial score (nSPS) is 9.47. The van der Waals surface area contributed by atoms with Gasteiger partial charge in [-0.3, -0.25) is 0 Å². The van der Waals surface area contributed by atoms with E-state index in [1.807, 2.05) is 6.07 Å². The molecule has 15 heavy (non-hydrogen) atoms. The van der Waals surface area contributed by atoms with Crippen molar-refractivity contribution in [3.8, 4) is 6.07 Å². The van der Waals surface area contributed by atoms with Crippen LogP contribution in [0.2, 0.25) is 0 Å². The van der Waals surface area contributed by atoms with E-state index in [1.54, 1.807) is 19.0 Å². The molecule has 0 aromatic carbocycles. The van der Waals surface area contributed by atoms with E-state index in [9.17, 15) is 4.39 Å². The van der Waals surface area contributed by atoms with Crippen LogP contribution in [0.4, 0.5) is 16.2 Å². The Balaban J connectivity index is 2.87. The Morgan fingerprint density at radius 2 is 2.40 bits per heavy atom. The summed E-state index contributed by atoms with van der Waals surface area (Å²) in [6.07, 6.45) is 1.44. The van der Waals surface area contributed by atoms with Crippen LogP contribution in [0.25, 0.3) is 0 Å². The average Bonchev–Trinajstić information content (AvgIpc) is 2.26. The van der Waals surface area contributed by atoms with Crippen molar-refractivity contribution in [1.29, 1.82) is 5.26 Å². The number of anilines is 2. The molecule has 0 saturated carbocycles. The minimum Gasteiger partial charge on any atom is -0.357 e. The number of halogens is 1. The molecule has 0 atom stereocenters. The number of hydrogen-bond acceptors (Lipinski definition) is 5. The summed E-state index contributed by atoms with van der Waals surface area (Å²) < 4.78 is 13.3. The summed E-state index contributed by atoms with van der Waals surface area (Å²) in [6, 6.07) is 1.99. The second-order valence-corrected chi connectivity index (χ2v) is 2.94. The minimum atomic E-state index is -0.491. The van der Waals surface area contributed by atoms with Crippen LogP contribution in [-0.2, 0) is 0 Å². The topological polar surface area (TPSA) is 64.8 Å². The number of aromatic nitrogens is 2. The molecule has 6 heteroatoms. The number of hydrogen-bond donors (Lipinski definition) is 1. The lowest BCUT2D eigenvalue weighted by molar-refractivity contribution is 0.608. The Morgan fingerprint density at radius 1 is 1.67 bits per heavy atom. The van der Waals surface area contributed by atoms with Gasteiger partial charge in [-0.05, 0) is 0 Å². The van der Waals surface area contributed by atoms with E-state index in [2.05, 4.69) is 15.3 Å². The van der Waals surface area contributed by atoms with Crippen molar-refractivity contribution in [2.24, 2.45) is 0 Å². The van der Waals surface area contributed by atoms with Gasteiger partial charge in [-0.1, -0.05) is 0 Å². The molecule has 0 amide bonds. The summed E-state index contributed by atoms with van der Waals surface area (Å²) in [7, 11) is 3.34. The fraction of sp³-hybridized carbons (Fsp3) is 0.444. The zero-order chi connectivity index (χ0) is 11.3. The molecule has 80 valence electrons. The maximum absolute atomic E-state index is 13.3. The summed E-state index contributed by atoms with van der Waals surface area (Å²) in [6.45, 7) is 0.438. The smallest absolute Gasteiger partial charge is 0.224 e. The van der Waals surface area contributed by atoms with Gasteiger partial charge in [0.1, 0.15) is 0 Å². The first kappa shape index (κ1) is 11.2. The van der Waals surface area contributed by atoms with Gasteiger partial charge in [0.05, 0.1) is 18.7 Å². The molecule has 0 saturated heterocycles. The van der Waals surface area contributed by atoms with E-state index in [0.717, 1.165) is 6.20 Å². The molecular formula is C9H12FN5. The zero-order valence-electron chi connectivity index (χ0n) is 8.66. The first-order chi connectivity index (χ1) is 7.19. The quantitative estimate of drug-likeness (QED) is 0.801. The lowest BCUT2D eigenvalue weighted by atomic mass is 10.4. The maximum atomic E-state index is 13.3. The van der Waals surface area contributed by atoms with Crippen LogP contribution in [0, 0.1) is 17.1 Å². The van der Waals surface area contributed by atoms with Crippen LogP contribution in [0.15, 0.2) is 6.20 Å². The highest BCUT2D eigenvalue weighted by atomic mass is 19.1. The molecular weight excluding hydrogens is 197 g/mol. The molecule has 1 N–H and O–H groups in total. The highest BCUT2D eigenvalue weighted by Gasteiger charge is 2.10. The third-order valence-electron chi connectivity index (χ3n) is 1.87. The third-order valence-corrected chi connectivity index (χ3v) is 1.87. The Kier molecular flexibility index (Phi) is 3.80. The molecule has 0 fully saturated rings. The lowest BCUT2D eigenvalue weighted by Crippen LogP contribution is -2.21. The first-order valence-electron chi connectivity index (χ1n) is 4.47.